The summed E-state index contributed by atoms with van der Waals surface area (Å²) in [7, 11) is 2.23. The third kappa shape index (κ3) is 3.18. The maximum atomic E-state index is 6.78. The van der Waals surface area contributed by atoms with E-state index in [2.05, 4.69) is 96.5 Å². The highest BCUT2D eigenvalue weighted by molar-refractivity contribution is 8.25. The zero-order valence-electron chi connectivity index (χ0n) is 17.5. The van der Waals surface area contributed by atoms with Gasteiger partial charge in [0.05, 0.1) is 11.5 Å². The second kappa shape index (κ2) is 8.17. The zero-order valence-corrected chi connectivity index (χ0v) is 19.2. The number of benzene rings is 3. The number of hydrogen-bond donors (Lipinski definition) is 0. The Kier molecular flexibility index (Phi) is 5.39. The minimum atomic E-state index is -2.19. The molecule has 0 spiro atoms. The summed E-state index contributed by atoms with van der Waals surface area (Å²) in [5, 5.41) is 3.98. The molecule has 0 radical (unpaired) electrons. The van der Waals surface area contributed by atoms with Gasteiger partial charge in [0.2, 0.25) is 0 Å². The molecule has 1 aliphatic carbocycles. The first-order chi connectivity index (χ1) is 14.7. The van der Waals surface area contributed by atoms with Gasteiger partial charge < -0.3 is 4.57 Å². The molecule has 152 valence electrons. The third-order valence-electron chi connectivity index (χ3n) is 6.67. The van der Waals surface area contributed by atoms with Crippen LogP contribution in [0.15, 0.2) is 84.9 Å². The molecule has 0 amide bonds. The van der Waals surface area contributed by atoms with Gasteiger partial charge in [-0.1, -0.05) is 110 Å². The van der Waals surface area contributed by atoms with Crippen LogP contribution in [0.2, 0.25) is 0 Å². The number of para-hydroxylation sites is 1. The highest BCUT2D eigenvalue weighted by Crippen LogP contribution is 2.49. The summed E-state index contributed by atoms with van der Waals surface area (Å²) in [4.78, 5) is 0. The predicted octanol–water partition coefficient (Wildman–Crippen LogP) is 5.98. The van der Waals surface area contributed by atoms with Crippen LogP contribution >= 0.6 is 6.04 Å². The zero-order chi connectivity index (χ0) is 20.6. The largest absolute Gasteiger partial charge is 0.342 e. The maximum Gasteiger partial charge on any atom is 0.0640 e. The summed E-state index contributed by atoms with van der Waals surface area (Å²) in [6, 6.07) is 28.5. The van der Waals surface area contributed by atoms with Gasteiger partial charge in [-0.3, -0.25) is 0 Å². The lowest BCUT2D eigenvalue weighted by molar-refractivity contribution is 0.446. The van der Waals surface area contributed by atoms with Crippen molar-refractivity contribution in [2.45, 2.75) is 38.0 Å². The van der Waals surface area contributed by atoms with E-state index in [9.17, 15) is 0 Å². The molecule has 1 fully saturated rings. The first-order valence-corrected chi connectivity index (χ1v) is 13.8. The molecule has 3 heteroatoms. The van der Waals surface area contributed by atoms with Crippen molar-refractivity contribution < 1.29 is 0 Å². The molecule has 1 aromatic heterocycles. The number of aromatic nitrogens is 1. The maximum absolute atomic E-state index is 6.78. The van der Waals surface area contributed by atoms with Gasteiger partial charge >= 0.3 is 0 Å². The molecule has 0 bridgehead atoms. The monoisotopic (exact) mass is 429 g/mol. The summed E-state index contributed by atoms with van der Waals surface area (Å²) in [5.41, 5.74) is 4.24. The van der Waals surface area contributed by atoms with Gasteiger partial charge in [-0.2, -0.15) is 0 Å². The Bertz CT molecular complexity index is 1160. The molecule has 0 atom stereocenters. The fraction of sp³-hybridized carbons (Fsp3) is 0.259. The van der Waals surface area contributed by atoms with Gasteiger partial charge in [-0.25, -0.2) is 0 Å². The third-order valence-corrected chi connectivity index (χ3v) is 11.6. The molecule has 0 N–H and O–H groups in total. The van der Waals surface area contributed by atoms with Gasteiger partial charge in [0, 0.05) is 18.0 Å². The quantitative estimate of drug-likeness (QED) is 0.361. The van der Waals surface area contributed by atoms with Crippen LogP contribution in [-0.4, -0.2) is 4.57 Å². The topological polar surface area (TPSA) is 4.93 Å². The number of aryl methyl sites for hydroxylation is 1. The molecule has 4 aromatic rings. The Morgan fingerprint density at radius 2 is 1.27 bits per heavy atom. The highest BCUT2D eigenvalue weighted by atomic mass is 32.4. The van der Waals surface area contributed by atoms with Gasteiger partial charge in [-0.05, 0) is 41.0 Å². The molecule has 30 heavy (non-hydrogen) atoms. The van der Waals surface area contributed by atoms with Crippen LogP contribution < -0.4 is 16.0 Å². The SMILES string of the molecule is Cn1c(P(=S)(c2ccccc2)c2ccccc2)c(C2CCCCC2)c2ccccc21. The first-order valence-electron chi connectivity index (χ1n) is 11.0. The van der Waals surface area contributed by atoms with Crippen LogP contribution in [0.3, 0.4) is 0 Å². The summed E-state index contributed by atoms with van der Waals surface area (Å²) < 4.78 is 2.43. The van der Waals surface area contributed by atoms with Crippen molar-refractivity contribution in [3.05, 3.63) is 90.5 Å². The van der Waals surface area contributed by atoms with Crippen LogP contribution in [-0.2, 0) is 18.9 Å². The minimum absolute atomic E-state index is 0.606. The van der Waals surface area contributed by atoms with Crippen LogP contribution in [0.5, 0.6) is 0 Å². The number of rotatable bonds is 4. The Balaban J connectivity index is 1.88. The lowest BCUT2D eigenvalue weighted by Gasteiger charge is -2.30. The number of nitrogens with zero attached hydrogens (tertiary/aromatic N) is 1. The van der Waals surface area contributed by atoms with Gasteiger partial charge in [0.15, 0.2) is 0 Å². The summed E-state index contributed by atoms with van der Waals surface area (Å²) in [6.45, 7) is 0. The number of fused-ring (bicyclic) bond motifs is 1. The standard InChI is InChI=1S/C27H28NPS/c1-28-25-20-12-11-19-24(25)26(21-13-5-2-6-14-21)27(28)29(30,22-15-7-3-8-16-22)23-17-9-4-10-18-23/h3-4,7-12,15-21H,2,5-6,13-14H2,1H3. The highest BCUT2D eigenvalue weighted by Gasteiger charge is 2.34. The molecular formula is C27H28NPS. The van der Waals surface area contributed by atoms with Crippen molar-refractivity contribution in [2.24, 2.45) is 7.05 Å². The molecule has 1 nitrogen and oxygen atoms in total. The molecule has 1 aliphatic rings. The van der Waals surface area contributed by atoms with E-state index in [0.29, 0.717) is 5.92 Å². The van der Waals surface area contributed by atoms with E-state index in [0.717, 1.165) is 0 Å². The van der Waals surface area contributed by atoms with E-state index < -0.39 is 6.04 Å². The van der Waals surface area contributed by atoms with E-state index in [4.69, 9.17) is 11.8 Å². The smallest absolute Gasteiger partial charge is 0.0640 e. The van der Waals surface area contributed by atoms with E-state index >= 15 is 0 Å². The van der Waals surface area contributed by atoms with Crippen molar-refractivity contribution in [2.75, 3.05) is 0 Å². The van der Waals surface area contributed by atoms with Crippen molar-refractivity contribution in [3.8, 4) is 0 Å². The summed E-state index contributed by atoms with van der Waals surface area (Å²) in [5.74, 6) is 0.606. The fourth-order valence-electron chi connectivity index (χ4n) is 5.25. The average Bonchev–Trinajstić information content (AvgIpc) is 3.13. The molecule has 3 aromatic carbocycles. The molecule has 1 heterocycles. The Hall–Kier alpha value is -2.15. The van der Waals surface area contributed by atoms with Crippen LogP contribution in [0.25, 0.3) is 10.9 Å². The van der Waals surface area contributed by atoms with Crippen molar-refractivity contribution in [1.82, 2.24) is 4.57 Å². The van der Waals surface area contributed by atoms with Crippen LogP contribution in [0.4, 0.5) is 0 Å². The van der Waals surface area contributed by atoms with Gasteiger partial charge in [-0.15, -0.1) is 0 Å². The van der Waals surface area contributed by atoms with E-state index in [1.54, 1.807) is 0 Å². The predicted molar refractivity (Wildman–Crippen MR) is 135 cm³/mol. The van der Waals surface area contributed by atoms with Gasteiger partial charge in [0.1, 0.15) is 0 Å². The molecule has 5 rings (SSSR count). The first kappa shape index (κ1) is 19.8. The van der Waals surface area contributed by atoms with Crippen molar-refractivity contribution >= 4 is 44.8 Å². The Morgan fingerprint density at radius 1 is 0.733 bits per heavy atom. The average molecular weight is 430 g/mol. The van der Waals surface area contributed by atoms with Crippen LogP contribution in [0.1, 0.15) is 43.6 Å². The second-order valence-electron chi connectivity index (χ2n) is 8.43. The Labute approximate surface area is 184 Å². The van der Waals surface area contributed by atoms with Gasteiger partial charge in [0.25, 0.3) is 0 Å². The minimum Gasteiger partial charge on any atom is -0.342 e. The molecular weight excluding hydrogens is 401 g/mol. The van der Waals surface area contributed by atoms with E-state index in [-0.39, 0.29) is 0 Å². The van der Waals surface area contributed by atoms with Crippen LogP contribution in [0, 0.1) is 0 Å². The molecule has 0 saturated heterocycles. The van der Waals surface area contributed by atoms with Crippen molar-refractivity contribution in [1.29, 1.82) is 0 Å². The fourth-order valence-corrected chi connectivity index (χ4v) is 9.79. The normalized spacial score (nSPS) is 15.5. The summed E-state index contributed by atoms with van der Waals surface area (Å²) >= 11 is 6.78. The lowest BCUT2D eigenvalue weighted by atomic mass is 9.84. The van der Waals surface area contributed by atoms with Crippen molar-refractivity contribution in [3.63, 3.8) is 0 Å². The second-order valence-corrected chi connectivity index (χ2v) is 12.7. The summed E-state index contributed by atoms with van der Waals surface area (Å²) in [6.07, 6.45) is 6.57. The molecule has 1 saturated carbocycles. The van der Waals surface area contributed by atoms with E-state index in [1.807, 2.05) is 0 Å². The van der Waals surface area contributed by atoms with E-state index in [1.165, 1.54) is 64.6 Å². The molecule has 0 unspecified atom stereocenters. The lowest BCUT2D eigenvalue weighted by Crippen LogP contribution is -2.31. The number of hydrogen-bond acceptors (Lipinski definition) is 1. The Morgan fingerprint density at radius 3 is 1.87 bits per heavy atom. The molecule has 0 aliphatic heterocycles.